The predicted octanol–water partition coefficient (Wildman–Crippen LogP) is 2.38. The molecule has 1 rings (SSSR count). The molecule has 0 bridgehead atoms. The van der Waals surface area contributed by atoms with Crippen LogP contribution in [-0.2, 0) is 15.9 Å². The highest BCUT2D eigenvalue weighted by Crippen LogP contribution is 2.28. The van der Waals surface area contributed by atoms with E-state index in [1.807, 2.05) is 0 Å². The zero-order valence-corrected chi connectivity index (χ0v) is 9.88. The maximum atomic E-state index is 11.0. The third-order valence-electron chi connectivity index (χ3n) is 1.55. The molecule has 0 radical (unpaired) electrons. The van der Waals surface area contributed by atoms with Crippen LogP contribution in [0, 0.1) is 0 Å². The average Bonchev–Trinajstić information content (AvgIpc) is 2.02. The lowest BCUT2D eigenvalue weighted by Gasteiger charge is -2.05. The van der Waals surface area contributed by atoms with Gasteiger partial charge >= 0.3 is 0 Å². The van der Waals surface area contributed by atoms with Crippen molar-refractivity contribution in [2.75, 3.05) is 0 Å². The van der Waals surface area contributed by atoms with E-state index < -0.39 is 10.0 Å². The second-order valence-corrected chi connectivity index (χ2v) is 5.16. The zero-order valence-electron chi connectivity index (χ0n) is 6.80. The van der Waals surface area contributed by atoms with Crippen LogP contribution in [0.3, 0.4) is 0 Å². The number of alkyl halides is 1. The maximum Gasteiger partial charge on any atom is 0.239 e. The molecule has 0 amide bonds. The summed E-state index contributed by atoms with van der Waals surface area (Å²) in [7, 11) is -3.83. The van der Waals surface area contributed by atoms with Crippen molar-refractivity contribution in [2.24, 2.45) is 5.14 Å². The van der Waals surface area contributed by atoms with Crippen molar-refractivity contribution in [3.63, 3.8) is 0 Å². The lowest BCUT2D eigenvalue weighted by molar-refractivity contribution is 0.598. The maximum absolute atomic E-state index is 11.0. The third kappa shape index (κ3) is 2.52. The molecule has 1 aromatic carbocycles. The highest BCUT2D eigenvalue weighted by molar-refractivity contribution is 7.89. The zero-order chi connectivity index (χ0) is 10.9. The van der Waals surface area contributed by atoms with Crippen LogP contribution in [0.4, 0.5) is 0 Å². The van der Waals surface area contributed by atoms with Crippen molar-refractivity contribution in [1.29, 1.82) is 0 Å². The van der Waals surface area contributed by atoms with Crippen molar-refractivity contribution >= 4 is 44.8 Å². The van der Waals surface area contributed by atoms with Gasteiger partial charge < -0.3 is 0 Å². The Labute approximate surface area is 96.8 Å². The Balaban J connectivity index is 3.47. The molecule has 78 valence electrons. The van der Waals surface area contributed by atoms with E-state index in [-0.39, 0.29) is 15.8 Å². The Bertz CT molecular complexity index is 458. The van der Waals surface area contributed by atoms with Crippen molar-refractivity contribution in [2.45, 2.75) is 10.8 Å². The van der Waals surface area contributed by atoms with Gasteiger partial charge in [0.25, 0.3) is 0 Å². The van der Waals surface area contributed by atoms with E-state index in [0.717, 1.165) is 0 Å². The number of rotatable bonds is 2. The van der Waals surface area contributed by atoms with E-state index in [9.17, 15) is 8.42 Å². The third-order valence-corrected chi connectivity index (χ3v) is 3.57. The highest BCUT2D eigenvalue weighted by atomic mass is 35.5. The second kappa shape index (κ2) is 4.24. The first-order valence-corrected chi connectivity index (χ1v) is 6.26. The Morgan fingerprint density at radius 3 is 2.21 bits per heavy atom. The summed E-state index contributed by atoms with van der Waals surface area (Å²) < 4.78 is 22.1. The highest BCUT2D eigenvalue weighted by Gasteiger charge is 2.15. The first kappa shape index (κ1) is 12.1. The molecule has 7 heteroatoms. The van der Waals surface area contributed by atoms with Crippen LogP contribution >= 0.6 is 34.8 Å². The van der Waals surface area contributed by atoms with Crippen LogP contribution in [0.2, 0.25) is 10.0 Å². The number of benzene rings is 1. The average molecular weight is 275 g/mol. The number of hydrogen-bond donors (Lipinski definition) is 1. The predicted molar refractivity (Wildman–Crippen MR) is 57.4 cm³/mol. The van der Waals surface area contributed by atoms with Gasteiger partial charge in [0.1, 0.15) is 4.90 Å². The summed E-state index contributed by atoms with van der Waals surface area (Å²) in [5.74, 6) is 0.0958. The monoisotopic (exact) mass is 273 g/mol. The summed E-state index contributed by atoms with van der Waals surface area (Å²) in [6.45, 7) is 0. The molecule has 2 N–H and O–H groups in total. The molecule has 0 aliphatic heterocycles. The van der Waals surface area contributed by atoms with Gasteiger partial charge in [-0.3, -0.25) is 0 Å². The van der Waals surface area contributed by atoms with Crippen LogP contribution in [0.15, 0.2) is 17.0 Å². The van der Waals surface area contributed by atoms with Crippen LogP contribution in [0.5, 0.6) is 0 Å². The summed E-state index contributed by atoms with van der Waals surface area (Å²) in [5.41, 5.74) is 0.474. The summed E-state index contributed by atoms with van der Waals surface area (Å²) in [4.78, 5) is -0.167. The first-order valence-electron chi connectivity index (χ1n) is 3.43. The van der Waals surface area contributed by atoms with Crippen molar-refractivity contribution < 1.29 is 8.42 Å². The van der Waals surface area contributed by atoms with Gasteiger partial charge in [0.15, 0.2) is 0 Å². The van der Waals surface area contributed by atoms with Gasteiger partial charge in [-0.25, -0.2) is 13.6 Å². The number of nitrogens with two attached hydrogens (primary N) is 1. The number of halogens is 3. The number of sulfonamides is 1. The van der Waals surface area contributed by atoms with Crippen LogP contribution in [0.25, 0.3) is 0 Å². The van der Waals surface area contributed by atoms with Gasteiger partial charge in [-0.15, -0.1) is 11.6 Å². The minimum atomic E-state index is -3.83. The van der Waals surface area contributed by atoms with Crippen LogP contribution in [-0.4, -0.2) is 8.42 Å². The van der Waals surface area contributed by atoms with E-state index in [1.165, 1.54) is 12.1 Å². The second-order valence-electron chi connectivity index (χ2n) is 2.55. The largest absolute Gasteiger partial charge is 0.239 e. The molecule has 0 saturated heterocycles. The topological polar surface area (TPSA) is 60.2 Å². The molecule has 3 nitrogen and oxygen atoms in total. The SMILES string of the molecule is NS(=O)(=O)c1cc(CCl)c(Cl)cc1Cl. The molecule has 0 atom stereocenters. The molecule has 0 saturated carbocycles. The molecular weight excluding hydrogens is 269 g/mol. The molecule has 0 fully saturated rings. The fourth-order valence-electron chi connectivity index (χ4n) is 0.892. The lowest BCUT2D eigenvalue weighted by Crippen LogP contribution is -2.13. The quantitative estimate of drug-likeness (QED) is 0.842. The van der Waals surface area contributed by atoms with E-state index in [2.05, 4.69) is 0 Å². The first-order chi connectivity index (χ1) is 6.36. The number of primary sulfonamides is 1. The fourth-order valence-corrected chi connectivity index (χ4v) is 2.59. The van der Waals surface area contributed by atoms with Gasteiger partial charge in [-0.2, -0.15) is 0 Å². The van der Waals surface area contributed by atoms with E-state index in [0.29, 0.717) is 10.6 Å². The summed E-state index contributed by atoms with van der Waals surface area (Å²) in [5, 5.41) is 5.24. The molecule has 0 aromatic heterocycles. The fraction of sp³-hybridized carbons (Fsp3) is 0.143. The van der Waals surface area contributed by atoms with Crippen LogP contribution < -0.4 is 5.14 Å². The summed E-state index contributed by atoms with van der Waals surface area (Å²) in [6.07, 6.45) is 0. The van der Waals surface area contributed by atoms with Crippen LogP contribution in [0.1, 0.15) is 5.56 Å². The molecule has 0 heterocycles. The smallest absolute Gasteiger partial charge is 0.225 e. The Morgan fingerprint density at radius 1 is 1.21 bits per heavy atom. The molecular formula is C7H6Cl3NO2S. The molecule has 0 spiro atoms. The molecule has 1 aromatic rings. The molecule has 0 aliphatic carbocycles. The van der Waals surface area contributed by atoms with Gasteiger partial charge in [-0.1, -0.05) is 23.2 Å². The standard InChI is InChI=1S/C7H6Cl3NO2S/c8-3-4-1-7(14(11,12)13)6(10)2-5(4)9/h1-2H,3H2,(H2,11,12,13). The molecule has 0 unspecified atom stereocenters. The minimum Gasteiger partial charge on any atom is -0.225 e. The normalized spacial score (nSPS) is 11.7. The molecule has 0 aliphatic rings. The molecule has 14 heavy (non-hydrogen) atoms. The van der Waals surface area contributed by atoms with Gasteiger partial charge in [0.2, 0.25) is 10.0 Å². The Hall–Kier alpha value is -0.000000000000000111. The van der Waals surface area contributed by atoms with E-state index in [4.69, 9.17) is 39.9 Å². The Morgan fingerprint density at radius 2 is 1.79 bits per heavy atom. The summed E-state index contributed by atoms with van der Waals surface area (Å²) >= 11 is 16.9. The van der Waals surface area contributed by atoms with Crippen molar-refractivity contribution in [1.82, 2.24) is 0 Å². The van der Waals surface area contributed by atoms with E-state index >= 15 is 0 Å². The lowest BCUT2D eigenvalue weighted by atomic mass is 10.2. The Kier molecular flexibility index (Phi) is 3.66. The van der Waals surface area contributed by atoms with Crippen molar-refractivity contribution in [3.05, 3.63) is 27.7 Å². The number of hydrogen-bond acceptors (Lipinski definition) is 2. The van der Waals surface area contributed by atoms with Gasteiger partial charge in [0.05, 0.1) is 5.02 Å². The minimum absolute atomic E-state index is 0.00799. The van der Waals surface area contributed by atoms with E-state index in [1.54, 1.807) is 0 Å². The van der Waals surface area contributed by atoms with Gasteiger partial charge in [-0.05, 0) is 17.7 Å². The van der Waals surface area contributed by atoms with Gasteiger partial charge in [0, 0.05) is 10.9 Å². The summed E-state index contributed by atoms with van der Waals surface area (Å²) in [6, 6.07) is 2.58. The van der Waals surface area contributed by atoms with Crippen molar-refractivity contribution in [3.8, 4) is 0 Å².